The fourth-order valence-electron chi connectivity index (χ4n) is 2.19. The maximum Gasteiger partial charge on any atom is 0.293 e. The summed E-state index contributed by atoms with van der Waals surface area (Å²) in [4.78, 5) is 21.3. The zero-order valence-corrected chi connectivity index (χ0v) is 11.7. The molecule has 0 saturated heterocycles. The fourth-order valence-corrected chi connectivity index (χ4v) is 2.19. The van der Waals surface area contributed by atoms with Crippen molar-refractivity contribution in [1.29, 1.82) is 0 Å². The van der Waals surface area contributed by atoms with Crippen LogP contribution in [0.25, 0.3) is 0 Å². The molecule has 0 aromatic heterocycles. The predicted molar refractivity (Wildman–Crippen MR) is 81.6 cm³/mol. The third-order valence-electron chi connectivity index (χ3n) is 3.32. The summed E-state index contributed by atoms with van der Waals surface area (Å²) < 4.78 is 0. The van der Waals surface area contributed by atoms with Crippen molar-refractivity contribution in [2.45, 2.75) is 19.9 Å². The summed E-state index contributed by atoms with van der Waals surface area (Å²) in [6.07, 6.45) is 1.51. The summed E-state index contributed by atoms with van der Waals surface area (Å²) in [5.74, 6) is 0. The van der Waals surface area contributed by atoms with Crippen LogP contribution in [0.5, 0.6) is 0 Å². The van der Waals surface area contributed by atoms with E-state index < -0.39 is 4.92 Å². The number of anilines is 1. The predicted octanol–water partition coefficient (Wildman–Crippen LogP) is 3.58. The summed E-state index contributed by atoms with van der Waals surface area (Å²) in [6, 6.07) is 12.4. The van der Waals surface area contributed by atoms with Crippen LogP contribution in [0.1, 0.15) is 28.4 Å². The minimum absolute atomic E-state index is 0.0893. The first-order valence-corrected chi connectivity index (χ1v) is 6.70. The number of carbonyl (C=O) groups excluding carboxylic acids is 1. The molecule has 0 fully saturated rings. The molecule has 0 heterocycles. The lowest BCUT2D eigenvalue weighted by Crippen LogP contribution is -2.05. The number of nitro groups is 1. The van der Waals surface area contributed by atoms with E-state index in [9.17, 15) is 14.9 Å². The van der Waals surface area contributed by atoms with Gasteiger partial charge < -0.3 is 5.32 Å². The van der Waals surface area contributed by atoms with E-state index in [1.165, 1.54) is 11.6 Å². The van der Waals surface area contributed by atoms with Crippen LogP contribution in [0.3, 0.4) is 0 Å². The lowest BCUT2D eigenvalue weighted by molar-refractivity contribution is -0.384. The van der Waals surface area contributed by atoms with Crippen LogP contribution < -0.4 is 5.32 Å². The van der Waals surface area contributed by atoms with Crippen molar-refractivity contribution < 1.29 is 9.72 Å². The molecule has 0 spiro atoms. The van der Waals surface area contributed by atoms with Gasteiger partial charge in [-0.05, 0) is 29.7 Å². The molecule has 0 saturated carbocycles. The molecule has 0 bridgehead atoms. The Bertz CT molecular complexity index is 668. The number of nitrogens with zero attached hydrogens (tertiary/aromatic N) is 1. The number of hydrogen-bond acceptors (Lipinski definition) is 4. The van der Waals surface area contributed by atoms with Crippen molar-refractivity contribution in [2.75, 3.05) is 5.32 Å². The molecule has 5 heteroatoms. The molecular weight excluding hydrogens is 268 g/mol. The molecule has 2 rings (SSSR count). The largest absolute Gasteiger partial charge is 0.375 e. The number of hydrogen-bond donors (Lipinski definition) is 1. The van der Waals surface area contributed by atoms with Gasteiger partial charge in [-0.3, -0.25) is 14.9 Å². The molecule has 2 aromatic carbocycles. The molecule has 0 atom stereocenters. The highest BCUT2D eigenvalue weighted by Crippen LogP contribution is 2.26. The van der Waals surface area contributed by atoms with E-state index in [0.29, 0.717) is 24.1 Å². The van der Waals surface area contributed by atoms with Crippen molar-refractivity contribution in [1.82, 2.24) is 0 Å². The standard InChI is InChI=1S/C16H16N2O3/c1-2-13-5-3-4-6-14(13)10-17-15-8-7-12(11-19)9-16(15)18(20)21/h3-9,11,17H,2,10H2,1H3. The number of aryl methyl sites for hydroxylation is 1. The lowest BCUT2D eigenvalue weighted by atomic mass is 10.1. The van der Waals surface area contributed by atoms with Crippen molar-refractivity contribution >= 4 is 17.7 Å². The molecule has 1 N–H and O–H groups in total. The molecule has 2 aromatic rings. The molecular formula is C16H16N2O3. The third-order valence-corrected chi connectivity index (χ3v) is 3.32. The van der Waals surface area contributed by atoms with Gasteiger partial charge in [-0.2, -0.15) is 0 Å². The fraction of sp³-hybridized carbons (Fsp3) is 0.188. The Morgan fingerprint density at radius 3 is 2.52 bits per heavy atom. The van der Waals surface area contributed by atoms with Crippen LogP contribution in [0.15, 0.2) is 42.5 Å². The van der Waals surface area contributed by atoms with Gasteiger partial charge in [-0.25, -0.2) is 0 Å². The second-order valence-electron chi connectivity index (χ2n) is 4.63. The van der Waals surface area contributed by atoms with E-state index in [2.05, 4.69) is 12.2 Å². The number of nitrogens with one attached hydrogen (secondary N) is 1. The maximum atomic E-state index is 11.1. The highest BCUT2D eigenvalue weighted by atomic mass is 16.6. The summed E-state index contributed by atoms with van der Waals surface area (Å²) >= 11 is 0. The molecule has 0 aliphatic rings. The van der Waals surface area contributed by atoms with E-state index in [1.54, 1.807) is 12.1 Å². The zero-order chi connectivity index (χ0) is 15.2. The topological polar surface area (TPSA) is 72.2 Å². The van der Waals surface area contributed by atoms with Crippen LogP contribution in [0, 0.1) is 10.1 Å². The highest BCUT2D eigenvalue weighted by molar-refractivity contribution is 5.79. The first kappa shape index (κ1) is 14.7. The Balaban J connectivity index is 2.23. The van der Waals surface area contributed by atoms with Gasteiger partial charge in [0.05, 0.1) is 4.92 Å². The minimum Gasteiger partial charge on any atom is -0.375 e. The van der Waals surface area contributed by atoms with Crippen LogP contribution in [-0.2, 0) is 13.0 Å². The first-order valence-electron chi connectivity index (χ1n) is 6.70. The zero-order valence-electron chi connectivity index (χ0n) is 11.7. The van der Waals surface area contributed by atoms with Crippen molar-refractivity contribution in [2.24, 2.45) is 0 Å². The third kappa shape index (κ3) is 3.45. The lowest BCUT2D eigenvalue weighted by Gasteiger charge is -2.10. The van der Waals surface area contributed by atoms with Crippen LogP contribution in [-0.4, -0.2) is 11.2 Å². The highest BCUT2D eigenvalue weighted by Gasteiger charge is 2.14. The second kappa shape index (κ2) is 6.65. The molecule has 0 aliphatic heterocycles. The van der Waals surface area contributed by atoms with Gasteiger partial charge in [0.1, 0.15) is 12.0 Å². The van der Waals surface area contributed by atoms with Crippen LogP contribution in [0.4, 0.5) is 11.4 Å². The van der Waals surface area contributed by atoms with Gasteiger partial charge in [0.2, 0.25) is 0 Å². The van der Waals surface area contributed by atoms with E-state index in [0.717, 1.165) is 12.0 Å². The first-order chi connectivity index (χ1) is 10.2. The Kier molecular flexibility index (Phi) is 4.66. The minimum atomic E-state index is -0.485. The van der Waals surface area contributed by atoms with Gasteiger partial charge in [-0.1, -0.05) is 31.2 Å². The van der Waals surface area contributed by atoms with Gasteiger partial charge in [0, 0.05) is 18.2 Å². The van der Waals surface area contributed by atoms with Gasteiger partial charge >= 0.3 is 0 Å². The summed E-state index contributed by atoms with van der Waals surface area (Å²) in [7, 11) is 0. The second-order valence-corrected chi connectivity index (χ2v) is 4.63. The number of aldehydes is 1. The Morgan fingerprint density at radius 2 is 1.90 bits per heavy atom. The Hall–Kier alpha value is -2.69. The quantitative estimate of drug-likeness (QED) is 0.500. The number of rotatable bonds is 6. The van der Waals surface area contributed by atoms with Crippen LogP contribution >= 0.6 is 0 Å². The summed E-state index contributed by atoms with van der Waals surface area (Å²) in [5, 5.41) is 14.2. The van der Waals surface area contributed by atoms with Crippen molar-refractivity contribution in [3.8, 4) is 0 Å². The van der Waals surface area contributed by atoms with Crippen LogP contribution in [0.2, 0.25) is 0 Å². The Morgan fingerprint density at radius 1 is 1.19 bits per heavy atom. The number of nitro benzene ring substituents is 1. The van der Waals surface area contributed by atoms with Crippen molar-refractivity contribution in [3.63, 3.8) is 0 Å². The van der Waals surface area contributed by atoms with Gasteiger partial charge in [0.25, 0.3) is 5.69 Å². The summed E-state index contributed by atoms with van der Waals surface area (Å²) in [5.41, 5.74) is 2.93. The van der Waals surface area contributed by atoms with E-state index in [-0.39, 0.29) is 5.69 Å². The average molecular weight is 284 g/mol. The molecule has 21 heavy (non-hydrogen) atoms. The molecule has 0 radical (unpaired) electrons. The normalized spacial score (nSPS) is 10.1. The van der Waals surface area contributed by atoms with Crippen molar-refractivity contribution in [3.05, 3.63) is 69.3 Å². The molecule has 5 nitrogen and oxygen atoms in total. The van der Waals surface area contributed by atoms with E-state index in [4.69, 9.17) is 0 Å². The molecule has 0 amide bonds. The van der Waals surface area contributed by atoms with Gasteiger partial charge in [0.15, 0.2) is 0 Å². The molecule has 108 valence electrons. The van der Waals surface area contributed by atoms with E-state index >= 15 is 0 Å². The maximum absolute atomic E-state index is 11.1. The Labute approximate surface area is 122 Å². The monoisotopic (exact) mass is 284 g/mol. The SMILES string of the molecule is CCc1ccccc1CNc1ccc(C=O)cc1[N+](=O)[O-]. The van der Waals surface area contributed by atoms with Gasteiger partial charge in [-0.15, -0.1) is 0 Å². The number of benzene rings is 2. The summed E-state index contributed by atoms with van der Waals surface area (Å²) in [6.45, 7) is 2.57. The number of carbonyl (C=O) groups is 1. The molecule has 0 unspecified atom stereocenters. The average Bonchev–Trinajstić information content (AvgIpc) is 2.52. The molecule has 0 aliphatic carbocycles. The van der Waals surface area contributed by atoms with E-state index in [1.807, 2.05) is 24.3 Å². The smallest absolute Gasteiger partial charge is 0.293 e.